The number of amides is 1. The van der Waals surface area contributed by atoms with Crippen LogP contribution in [-0.2, 0) is 11.2 Å². The maximum absolute atomic E-state index is 15.0. The number of anilines is 1. The number of fused-ring (bicyclic) bond motifs is 1. The van der Waals surface area contributed by atoms with Crippen molar-refractivity contribution >= 4 is 11.6 Å². The van der Waals surface area contributed by atoms with Crippen LogP contribution in [0.4, 0.5) is 10.1 Å². The lowest BCUT2D eigenvalue weighted by Crippen LogP contribution is -2.43. The van der Waals surface area contributed by atoms with Crippen molar-refractivity contribution in [3.8, 4) is 5.75 Å². The Kier molecular flexibility index (Phi) is 6.53. The topological polar surface area (TPSA) is 76.8 Å². The molecule has 7 heteroatoms. The zero-order chi connectivity index (χ0) is 21.8. The Labute approximate surface area is 181 Å². The number of nitrogens with two attached hydrogens (primary N) is 1. The van der Waals surface area contributed by atoms with Crippen molar-refractivity contribution in [3.63, 3.8) is 0 Å². The van der Waals surface area contributed by atoms with Gasteiger partial charge in [-0.05, 0) is 67.3 Å². The van der Waals surface area contributed by atoms with Gasteiger partial charge >= 0.3 is 0 Å². The van der Waals surface area contributed by atoms with Crippen LogP contribution in [-0.4, -0.2) is 43.3 Å². The normalized spacial score (nSPS) is 18.4. The predicted molar refractivity (Wildman–Crippen MR) is 118 cm³/mol. The van der Waals surface area contributed by atoms with Crippen LogP contribution in [0.1, 0.15) is 39.9 Å². The van der Waals surface area contributed by atoms with E-state index in [1.807, 2.05) is 30.3 Å². The number of hydrogen-bond acceptors (Lipinski definition) is 5. The minimum absolute atomic E-state index is 0.0238. The third-order valence-corrected chi connectivity index (χ3v) is 5.76. The molecule has 0 bridgehead atoms. The van der Waals surface area contributed by atoms with E-state index in [0.29, 0.717) is 25.1 Å². The fourth-order valence-electron chi connectivity index (χ4n) is 3.96. The largest absolute Gasteiger partial charge is 0.469 e. The molecule has 1 amide bonds. The first-order valence-corrected chi connectivity index (χ1v) is 10.6. The highest BCUT2D eigenvalue weighted by Gasteiger charge is 2.32. The van der Waals surface area contributed by atoms with Gasteiger partial charge < -0.3 is 25.4 Å². The van der Waals surface area contributed by atoms with E-state index in [9.17, 15) is 4.79 Å². The van der Waals surface area contributed by atoms with Gasteiger partial charge in [0.05, 0.1) is 18.2 Å². The smallest absolute Gasteiger partial charge is 0.260 e. The molecule has 1 atom stereocenters. The van der Waals surface area contributed by atoms with Crippen molar-refractivity contribution in [2.75, 3.05) is 31.7 Å². The van der Waals surface area contributed by atoms with E-state index in [2.05, 4.69) is 5.32 Å². The maximum atomic E-state index is 15.0. The summed E-state index contributed by atoms with van der Waals surface area (Å²) in [6.45, 7) is 3.44. The molecule has 3 N–H and O–H groups in total. The van der Waals surface area contributed by atoms with Crippen molar-refractivity contribution in [3.05, 3.63) is 70.7 Å². The Hall–Kier alpha value is -2.90. The molecule has 4 rings (SSSR count). The van der Waals surface area contributed by atoms with Gasteiger partial charge in [0.25, 0.3) is 5.91 Å². The molecule has 1 unspecified atom stereocenters. The number of ether oxygens (including phenoxy) is 2. The molecule has 2 heterocycles. The van der Waals surface area contributed by atoms with Crippen LogP contribution in [0.15, 0.2) is 42.6 Å². The zero-order valence-corrected chi connectivity index (χ0v) is 17.7. The SMILES string of the molecule is Cc1c(Cc2ccc(N/C=C\CN)cc2)cc2c(c1F)OCN(CC1CCCO1)C2=O. The van der Waals surface area contributed by atoms with Gasteiger partial charge in [-0.2, -0.15) is 0 Å². The van der Waals surface area contributed by atoms with Gasteiger partial charge in [0, 0.05) is 18.8 Å². The summed E-state index contributed by atoms with van der Waals surface area (Å²) in [4.78, 5) is 14.6. The van der Waals surface area contributed by atoms with Crippen LogP contribution in [0, 0.1) is 12.7 Å². The van der Waals surface area contributed by atoms with E-state index in [-0.39, 0.29) is 30.1 Å². The average molecular weight is 426 g/mol. The van der Waals surface area contributed by atoms with Crippen molar-refractivity contribution < 1.29 is 18.7 Å². The van der Waals surface area contributed by atoms with Gasteiger partial charge in [0.1, 0.15) is 0 Å². The molecule has 2 aromatic carbocycles. The standard InChI is InChI=1S/C24H28FN3O3/c1-16-18(12-17-5-7-19(8-6-17)27-10-3-9-26)13-21-23(22(16)25)31-15-28(24(21)29)14-20-4-2-11-30-20/h3,5-8,10,13,20,27H,2,4,9,11-12,14-15,26H2,1H3/b10-3-. The highest BCUT2D eigenvalue weighted by molar-refractivity contribution is 5.98. The molecule has 0 spiro atoms. The van der Waals surface area contributed by atoms with Crippen LogP contribution >= 0.6 is 0 Å². The number of rotatable bonds is 7. The minimum atomic E-state index is -0.456. The van der Waals surface area contributed by atoms with E-state index >= 15 is 4.39 Å². The van der Waals surface area contributed by atoms with Crippen LogP contribution in [0.2, 0.25) is 0 Å². The number of carbonyl (C=O) groups is 1. The first-order chi connectivity index (χ1) is 15.1. The van der Waals surface area contributed by atoms with Crippen molar-refractivity contribution in [2.45, 2.75) is 32.3 Å². The Morgan fingerprint density at radius 2 is 2.13 bits per heavy atom. The maximum Gasteiger partial charge on any atom is 0.260 e. The van der Waals surface area contributed by atoms with Crippen molar-refractivity contribution in [1.82, 2.24) is 4.90 Å². The molecule has 2 aliphatic rings. The van der Waals surface area contributed by atoms with Crippen molar-refractivity contribution in [1.29, 1.82) is 0 Å². The number of hydrogen-bond donors (Lipinski definition) is 2. The summed E-state index contributed by atoms with van der Waals surface area (Å²) in [6, 6.07) is 9.65. The monoisotopic (exact) mass is 425 g/mol. The molecule has 6 nitrogen and oxygen atoms in total. The lowest BCUT2D eigenvalue weighted by molar-refractivity contribution is 0.0250. The number of halogens is 1. The lowest BCUT2D eigenvalue weighted by atomic mass is 9.96. The minimum Gasteiger partial charge on any atom is -0.469 e. The molecule has 1 saturated heterocycles. The second kappa shape index (κ2) is 9.49. The summed E-state index contributed by atoms with van der Waals surface area (Å²) in [5.74, 6) is -0.605. The molecule has 2 aromatic rings. The summed E-state index contributed by atoms with van der Waals surface area (Å²) in [5, 5.41) is 3.14. The van der Waals surface area contributed by atoms with Crippen LogP contribution < -0.4 is 15.8 Å². The zero-order valence-electron chi connectivity index (χ0n) is 17.7. The first-order valence-electron chi connectivity index (χ1n) is 10.6. The third-order valence-electron chi connectivity index (χ3n) is 5.76. The van der Waals surface area contributed by atoms with E-state index in [1.165, 1.54) is 0 Å². The summed E-state index contributed by atoms with van der Waals surface area (Å²) in [6.07, 6.45) is 6.10. The fraction of sp³-hybridized carbons (Fsp3) is 0.375. The summed E-state index contributed by atoms with van der Waals surface area (Å²) in [7, 11) is 0. The lowest BCUT2D eigenvalue weighted by Gasteiger charge is -2.31. The molecule has 0 aliphatic carbocycles. The Morgan fingerprint density at radius 3 is 2.84 bits per heavy atom. The molecule has 31 heavy (non-hydrogen) atoms. The van der Waals surface area contributed by atoms with Crippen molar-refractivity contribution in [2.24, 2.45) is 5.73 Å². The number of benzene rings is 2. The second-order valence-electron chi connectivity index (χ2n) is 7.94. The highest BCUT2D eigenvalue weighted by atomic mass is 19.1. The van der Waals surface area contributed by atoms with E-state index in [4.69, 9.17) is 15.2 Å². The quantitative estimate of drug-likeness (QED) is 0.709. The Bertz CT molecular complexity index is 969. The number of nitrogens with one attached hydrogen (secondary N) is 1. The predicted octanol–water partition coefficient (Wildman–Crippen LogP) is 3.58. The van der Waals surface area contributed by atoms with E-state index in [1.54, 1.807) is 24.1 Å². The third kappa shape index (κ3) is 4.73. The van der Waals surface area contributed by atoms with Gasteiger partial charge in [0.2, 0.25) is 0 Å². The molecule has 0 radical (unpaired) electrons. The second-order valence-corrected chi connectivity index (χ2v) is 7.94. The van der Waals surface area contributed by atoms with Gasteiger partial charge in [-0.3, -0.25) is 4.79 Å². The van der Waals surface area contributed by atoms with Crippen LogP contribution in [0.3, 0.4) is 0 Å². The first kappa shape index (κ1) is 21.3. The Morgan fingerprint density at radius 1 is 1.32 bits per heavy atom. The van der Waals surface area contributed by atoms with Crippen LogP contribution in [0.5, 0.6) is 5.75 Å². The van der Waals surface area contributed by atoms with E-state index < -0.39 is 5.82 Å². The molecular formula is C24H28FN3O3. The average Bonchev–Trinajstić information content (AvgIpc) is 3.29. The summed E-state index contributed by atoms with van der Waals surface area (Å²) < 4.78 is 26.3. The van der Waals surface area contributed by atoms with Gasteiger partial charge in [-0.1, -0.05) is 18.2 Å². The molecule has 1 fully saturated rings. The molecule has 164 valence electrons. The van der Waals surface area contributed by atoms with Gasteiger partial charge in [0.15, 0.2) is 18.3 Å². The highest BCUT2D eigenvalue weighted by Crippen LogP contribution is 2.34. The molecular weight excluding hydrogens is 397 g/mol. The summed E-state index contributed by atoms with van der Waals surface area (Å²) >= 11 is 0. The molecule has 0 aromatic heterocycles. The summed E-state index contributed by atoms with van der Waals surface area (Å²) in [5.41, 5.74) is 8.97. The molecule has 0 saturated carbocycles. The van der Waals surface area contributed by atoms with Crippen LogP contribution in [0.25, 0.3) is 0 Å². The number of carbonyl (C=O) groups excluding carboxylic acids is 1. The number of nitrogens with zero attached hydrogens (tertiary/aromatic N) is 1. The van der Waals surface area contributed by atoms with Gasteiger partial charge in [-0.25, -0.2) is 4.39 Å². The van der Waals surface area contributed by atoms with Gasteiger partial charge in [-0.15, -0.1) is 0 Å². The Balaban J connectivity index is 1.53. The van der Waals surface area contributed by atoms with E-state index in [0.717, 1.165) is 36.3 Å². The fourth-order valence-corrected chi connectivity index (χ4v) is 3.96. The molecule has 2 aliphatic heterocycles.